The Kier molecular flexibility index (Phi) is 4.17. The number of hydrogen-bond donors (Lipinski definition) is 0. The van der Waals surface area contributed by atoms with Gasteiger partial charge in [0.2, 0.25) is 0 Å². The Morgan fingerprint density at radius 1 is 0.920 bits per heavy atom. The fourth-order valence-electron chi connectivity index (χ4n) is 2.99. The summed E-state index contributed by atoms with van der Waals surface area (Å²) < 4.78 is 5.66. The van der Waals surface area contributed by atoms with Gasteiger partial charge in [0.05, 0.1) is 12.2 Å². The molecule has 1 aliphatic heterocycles. The van der Waals surface area contributed by atoms with E-state index in [2.05, 4.69) is 17.1 Å². The highest BCUT2D eigenvalue weighted by molar-refractivity contribution is 5.78. The monoisotopic (exact) mass is 330 g/mol. The van der Waals surface area contributed by atoms with Crippen molar-refractivity contribution >= 4 is 5.91 Å². The van der Waals surface area contributed by atoms with Crippen LogP contribution in [0.4, 0.5) is 0 Å². The molecule has 0 spiro atoms. The molecule has 124 valence electrons. The number of aromatic nitrogens is 1. The molecule has 0 saturated carbocycles. The Hall–Kier alpha value is -3.14. The molecule has 0 saturated heterocycles. The van der Waals surface area contributed by atoms with Crippen LogP contribution in [0.1, 0.15) is 11.3 Å². The zero-order chi connectivity index (χ0) is 17.1. The SMILES string of the molecule is O=C(COc1ccc(-c2ccccc2)cc1)N1Cc2cccnc2C1. The largest absolute Gasteiger partial charge is 0.484 e. The molecular formula is C21H18N2O2. The van der Waals surface area contributed by atoms with Crippen LogP contribution in [-0.4, -0.2) is 22.4 Å². The van der Waals surface area contributed by atoms with Crippen molar-refractivity contribution in [1.82, 2.24) is 9.88 Å². The summed E-state index contributed by atoms with van der Waals surface area (Å²) in [6, 6.07) is 21.9. The molecule has 1 aromatic heterocycles. The van der Waals surface area contributed by atoms with Gasteiger partial charge in [0.25, 0.3) is 5.91 Å². The summed E-state index contributed by atoms with van der Waals surface area (Å²) >= 11 is 0. The van der Waals surface area contributed by atoms with Crippen LogP contribution in [-0.2, 0) is 17.9 Å². The van der Waals surface area contributed by atoms with Crippen LogP contribution in [0.25, 0.3) is 11.1 Å². The molecular weight excluding hydrogens is 312 g/mol. The Balaban J connectivity index is 1.35. The third kappa shape index (κ3) is 3.38. The Morgan fingerprint density at radius 2 is 1.68 bits per heavy atom. The molecule has 2 heterocycles. The van der Waals surface area contributed by atoms with Crippen LogP contribution in [0.15, 0.2) is 72.9 Å². The molecule has 2 aromatic carbocycles. The first-order chi connectivity index (χ1) is 12.3. The van der Waals surface area contributed by atoms with Gasteiger partial charge in [0.1, 0.15) is 5.75 Å². The van der Waals surface area contributed by atoms with Gasteiger partial charge in [-0.25, -0.2) is 0 Å². The lowest BCUT2D eigenvalue weighted by molar-refractivity contribution is -0.134. The smallest absolute Gasteiger partial charge is 0.261 e. The van der Waals surface area contributed by atoms with Crippen molar-refractivity contribution in [2.24, 2.45) is 0 Å². The highest BCUT2D eigenvalue weighted by atomic mass is 16.5. The predicted molar refractivity (Wildman–Crippen MR) is 95.9 cm³/mol. The zero-order valence-electron chi connectivity index (χ0n) is 13.8. The van der Waals surface area contributed by atoms with Crippen LogP contribution in [0.5, 0.6) is 5.75 Å². The number of carbonyl (C=O) groups is 1. The number of ether oxygens (including phenoxy) is 1. The first kappa shape index (κ1) is 15.4. The second kappa shape index (κ2) is 6.77. The summed E-state index contributed by atoms with van der Waals surface area (Å²) in [5.41, 5.74) is 4.37. The van der Waals surface area contributed by atoms with Crippen molar-refractivity contribution in [3.63, 3.8) is 0 Å². The van der Waals surface area contributed by atoms with Gasteiger partial charge in [-0.2, -0.15) is 0 Å². The fourth-order valence-corrected chi connectivity index (χ4v) is 2.99. The number of benzene rings is 2. The minimum Gasteiger partial charge on any atom is -0.484 e. The van der Waals surface area contributed by atoms with E-state index in [-0.39, 0.29) is 12.5 Å². The number of nitrogens with zero attached hydrogens (tertiary/aromatic N) is 2. The molecule has 3 aromatic rings. The normalized spacial score (nSPS) is 12.7. The summed E-state index contributed by atoms with van der Waals surface area (Å²) in [5, 5.41) is 0. The van der Waals surface area contributed by atoms with Crippen molar-refractivity contribution in [2.45, 2.75) is 13.1 Å². The standard InChI is InChI=1S/C21H18N2O2/c24-21(23-13-18-7-4-12-22-20(18)14-23)15-25-19-10-8-17(9-11-19)16-5-2-1-3-6-16/h1-12H,13-15H2. The number of pyridine rings is 1. The molecule has 0 unspecified atom stereocenters. The van der Waals surface area contributed by atoms with Gasteiger partial charge in [0.15, 0.2) is 6.61 Å². The van der Waals surface area contributed by atoms with E-state index in [0.717, 1.165) is 22.4 Å². The van der Waals surface area contributed by atoms with Crippen LogP contribution >= 0.6 is 0 Å². The number of rotatable bonds is 4. The van der Waals surface area contributed by atoms with Gasteiger partial charge in [-0.3, -0.25) is 9.78 Å². The first-order valence-electron chi connectivity index (χ1n) is 8.28. The van der Waals surface area contributed by atoms with E-state index in [1.54, 1.807) is 11.1 Å². The van der Waals surface area contributed by atoms with Crippen molar-refractivity contribution in [2.75, 3.05) is 6.61 Å². The lowest BCUT2D eigenvalue weighted by Gasteiger charge is -2.15. The van der Waals surface area contributed by atoms with E-state index in [4.69, 9.17) is 4.74 Å². The molecule has 1 aliphatic rings. The second-order valence-electron chi connectivity index (χ2n) is 6.04. The van der Waals surface area contributed by atoms with Crippen LogP contribution in [0.2, 0.25) is 0 Å². The molecule has 4 heteroatoms. The number of hydrogen-bond acceptors (Lipinski definition) is 3. The van der Waals surface area contributed by atoms with E-state index in [9.17, 15) is 4.79 Å². The van der Waals surface area contributed by atoms with Crippen molar-refractivity contribution in [3.8, 4) is 16.9 Å². The third-order valence-corrected chi connectivity index (χ3v) is 4.36. The van der Waals surface area contributed by atoms with E-state index in [1.807, 2.05) is 54.6 Å². The minimum atomic E-state index is -0.0230. The maximum Gasteiger partial charge on any atom is 0.261 e. The van der Waals surface area contributed by atoms with Gasteiger partial charge >= 0.3 is 0 Å². The van der Waals surface area contributed by atoms with Crippen LogP contribution in [0.3, 0.4) is 0 Å². The quantitative estimate of drug-likeness (QED) is 0.733. The van der Waals surface area contributed by atoms with E-state index in [0.29, 0.717) is 18.8 Å². The van der Waals surface area contributed by atoms with Gasteiger partial charge in [0, 0.05) is 12.7 Å². The summed E-state index contributed by atoms with van der Waals surface area (Å²) in [7, 11) is 0. The van der Waals surface area contributed by atoms with Crippen LogP contribution in [0, 0.1) is 0 Å². The number of amides is 1. The van der Waals surface area contributed by atoms with E-state index >= 15 is 0 Å². The second-order valence-corrected chi connectivity index (χ2v) is 6.04. The first-order valence-corrected chi connectivity index (χ1v) is 8.28. The average molecular weight is 330 g/mol. The summed E-state index contributed by atoms with van der Waals surface area (Å²) in [4.78, 5) is 18.4. The lowest BCUT2D eigenvalue weighted by Crippen LogP contribution is -2.30. The summed E-state index contributed by atoms with van der Waals surface area (Å²) in [6.45, 7) is 1.21. The average Bonchev–Trinajstić information content (AvgIpc) is 3.11. The number of carbonyl (C=O) groups excluding carboxylic acids is 1. The molecule has 0 N–H and O–H groups in total. The van der Waals surface area contributed by atoms with Crippen molar-refractivity contribution < 1.29 is 9.53 Å². The van der Waals surface area contributed by atoms with Gasteiger partial charge in [-0.15, -0.1) is 0 Å². The van der Waals surface area contributed by atoms with Gasteiger partial charge in [-0.1, -0.05) is 48.5 Å². The summed E-state index contributed by atoms with van der Waals surface area (Å²) in [6.07, 6.45) is 1.76. The van der Waals surface area contributed by atoms with Gasteiger partial charge < -0.3 is 9.64 Å². The van der Waals surface area contributed by atoms with Crippen LogP contribution < -0.4 is 4.74 Å². The Bertz CT molecular complexity index is 851. The van der Waals surface area contributed by atoms with Crippen molar-refractivity contribution in [1.29, 1.82) is 0 Å². The minimum absolute atomic E-state index is 0.0230. The molecule has 0 fully saturated rings. The molecule has 1 amide bonds. The number of fused-ring (bicyclic) bond motifs is 1. The molecule has 0 aliphatic carbocycles. The molecule has 4 rings (SSSR count). The molecule has 25 heavy (non-hydrogen) atoms. The highest BCUT2D eigenvalue weighted by Crippen LogP contribution is 2.23. The highest BCUT2D eigenvalue weighted by Gasteiger charge is 2.24. The maximum atomic E-state index is 12.3. The molecule has 0 atom stereocenters. The van der Waals surface area contributed by atoms with Gasteiger partial charge in [-0.05, 0) is 34.9 Å². The third-order valence-electron chi connectivity index (χ3n) is 4.36. The fraction of sp³-hybridized carbons (Fsp3) is 0.143. The summed E-state index contributed by atoms with van der Waals surface area (Å²) in [5.74, 6) is 0.674. The molecule has 0 bridgehead atoms. The Labute approximate surface area is 146 Å². The van der Waals surface area contributed by atoms with Crippen molar-refractivity contribution in [3.05, 3.63) is 84.2 Å². The topological polar surface area (TPSA) is 42.4 Å². The molecule has 4 nitrogen and oxygen atoms in total. The zero-order valence-corrected chi connectivity index (χ0v) is 13.8. The predicted octanol–water partition coefficient (Wildman–Crippen LogP) is 3.67. The maximum absolute atomic E-state index is 12.3. The van der Waals surface area contributed by atoms with E-state index in [1.165, 1.54) is 0 Å². The van der Waals surface area contributed by atoms with E-state index < -0.39 is 0 Å². The lowest BCUT2D eigenvalue weighted by atomic mass is 10.1. The Morgan fingerprint density at radius 3 is 2.44 bits per heavy atom. The molecule has 0 radical (unpaired) electrons.